The smallest absolute Gasteiger partial charge is 0.295 e. The molecule has 0 atom stereocenters. The molecule has 1 aromatic carbocycles. The molecule has 4 nitrogen and oxygen atoms in total. The molecule has 0 unspecified atom stereocenters. The molecular formula is C9H8O4S2. The maximum Gasteiger partial charge on any atom is 0.295 e. The van der Waals surface area contributed by atoms with E-state index in [1.807, 2.05) is 0 Å². The van der Waals surface area contributed by atoms with Crippen LogP contribution in [0.2, 0.25) is 0 Å². The summed E-state index contributed by atoms with van der Waals surface area (Å²) in [5, 5.41) is 1.90. The van der Waals surface area contributed by atoms with Crippen LogP contribution in [0.15, 0.2) is 28.5 Å². The van der Waals surface area contributed by atoms with Crippen LogP contribution in [0.3, 0.4) is 0 Å². The molecule has 1 heterocycles. The minimum absolute atomic E-state index is 0.0681. The summed E-state index contributed by atoms with van der Waals surface area (Å²) in [6.07, 6.45) is 0. The van der Waals surface area contributed by atoms with E-state index in [0.717, 1.165) is 4.70 Å². The largest absolute Gasteiger partial charge is 0.497 e. The quantitative estimate of drug-likeness (QED) is 0.822. The van der Waals surface area contributed by atoms with E-state index in [0.29, 0.717) is 11.1 Å². The molecule has 0 saturated carbocycles. The Labute approximate surface area is 90.9 Å². The van der Waals surface area contributed by atoms with Crippen molar-refractivity contribution in [3.8, 4) is 5.75 Å². The molecule has 0 aliphatic carbocycles. The lowest BCUT2D eigenvalue weighted by atomic mass is 10.2. The molecule has 0 spiro atoms. The maximum atomic E-state index is 11.0. The lowest BCUT2D eigenvalue weighted by Gasteiger charge is -1.99. The highest BCUT2D eigenvalue weighted by atomic mass is 32.2. The third kappa shape index (κ3) is 1.83. The summed E-state index contributed by atoms with van der Waals surface area (Å²) < 4.78 is 36.8. The lowest BCUT2D eigenvalue weighted by molar-refractivity contribution is 0.415. The molecule has 1 aromatic heterocycles. The number of methoxy groups -OCH3 is 1. The van der Waals surface area contributed by atoms with Crippen molar-refractivity contribution in [2.75, 3.05) is 7.11 Å². The second kappa shape index (κ2) is 3.48. The van der Waals surface area contributed by atoms with Gasteiger partial charge < -0.3 is 4.74 Å². The van der Waals surface area contributed by atoms with E-state index < -0.39 is 10.1 Å². The summed E-state index contributed by atoms with van der Waals surface area (Å²) in [7, 11) is -2.66. The molecule has 15 heavy (non-hydrogen) atoms. The highest BCUT2D eigenvalue weighted by Crippen LogP contribution is 2.31. The van der Waals surface area contributed by atoms with Gasteiger partial charge in [0.15, 0.2) is 0 Å². The van der Waals surface area contributed by atoms with Crippen LogP contribution < -0.4 is 4.74 Å². The Morgan fingerprint density at radius 3 is 2.73 bits per heavy atom. The number of hydrogen-bond acceptors (Lipinski definition) is 4. The second-order valence-electron chi connectivity index (χ2n) is 2.94. The van der Waals surface area contributed by atoms with Crippen LogP contribution in [0.1, 0.15) is 0 Å². The van der Waals surface area contributed by atoms with Gasteiger partial charge in [0, 0.05) is 15.5 Å². The molecule has 6 heteroatoms. The van der Waals surface area contributed by atoms with E-state index in [-0.39, 0.29) is 4.90 Å². The normalized spacial score (nSPS) is 11.9. The summed E-state index contributed by atoms with van der Waals surface area (Å²) in [5.41, 5.74) is 0. The minimum atomic E-state index is -4.16. The molecule has 0 saturated heterocycles. The van der Waals surface area contributed by atoms with Crippen LogP contribution >= 0.6 is 11.3 Å². The Morgan fingerprint density at radius 2 is 2.13 bits per heavy atom. The van der Waals surface area contributed by atoms with Crippen molar-refractivity contribution in [1.29, 1.82) is 0 Å². The Hall–Kier alpha value is -1.11. The first kappa shape index (κ1) is 10.4. The summed E-state index contributed by atoms with van der Waals surface area (Å²) in [4.78, 5) is -0.0681. The van der Waals surface area contributed by atoms with Crippen LogP contribution in [-0.2, 0) is 10.1 Å². The van der Waals surface area contributed by atoms with Crippen molar-refractivity contribution in [1.82, 2.24) is 0 Å². The first-order valence-corrected chi connectivity index (χ1v) is 6.37. The average Bonchev–Trinajstić information content (AvgIpc) is 2.59. The molecule has 2 rings (SSSR count). The zero-order valence-electron chi connectivity index (χ0n) is 7.80. The summed E-state index contributed by atoms with van der Waals surface area (Å²) in [5.74, 6) is 0.561. The van der Waals surface area contributed by atoms with Gasteiger partial charge in [-0.3, -0.25) is 4.55 Å². The van der Waals surface area contributed by atoms with Crippen molar-refractivity contribution in [3.05, 3.63) is 23.6 Å². The number of benzene rings is 1. The van der Waals surface area contributed by atoms with Crippen LogP contribution in [0.25, 0.3) is 10.1 Å². The Morgan fingerprint density at radius 1 is 1.40 bits per heavy atom. The highest BCUT2D eigenvalue weighted by Gasteiger charge is 2.16. The van der Waals surface area contributed by atoms with Gasteiger partial charge in [0.1, 0.15) is 10.6 Å². The molecule has 0 aliphatic rings. The van der Waals surface area contributed by atoms with Crippen molar-refractivity contribution in [3.63, 3.8) is 0 Å². The first-order chi connectivity index (χ1) is 7.02. The van der Waals surface area contributed by atoms with Gasteiger partial charge >= 0.3 is 0 Å². The summed E-state index contributed by atoms with van der Waals surface area (Å²) in [6, 6.07) is 5.09. The Bertz CT molecular complexity index is 598. The number of rotatable bonds is 2. The first-order valence-electron chi connectivity index (χ1n) is 4.05. The SMILES string of the molecule is COc1ccc2scc(S(=O)(=O)O)c2c1. The van der Waals surface area contributed by atoms with E-state index in [9.17, 15) is 8.42 Å². The molecule has 0 aliphatic heterocycles. The second-order valence-corrected chi connectivity index (χ2v) is 5.24. The fraction of sp³-hybridized carbons (Fsp3) is 0.111. The van der Waals surface area contributed by atoms with Gasteiger partial charge in [-0.25, -0.2) is 0 Å². The van der Waals surface area contributed by atoms with Gasteiger partial charge in [0.05, 0.1) is 7.11 Å². The topological polar surface area (TPSA) is 63.6 Å². The lowest BCUT2D eigenvalue weighted by Crippen LogP contribution is -1.96. The van der Waals surface area contributed by atoms with Crippen LogP contribution in [0.5, 0.6) is 5.75 Å². The monoisotopic (exact) mass is 244 g/mol. The van der Waals surface area contributed by atoms with E-state index in [1.54, 1.807) is 18.2 Å². The van der Waals surface area contributed by atoms with Gasteiger partial charge in [-0.1, -0.05) is 0 Å². The molecular weight excluding hydrogens is 236 g/mol. The number of fused-ring (bicyclic) bond motifs is 1. The van der Waals surface area contributed by atoms with Crippen molar-refractivity contribution < 1.29 is 17.7 Å². The molecule has 0 fully saturated rings. The Balaban J connectivity index is 2.78. The zero-order valence-corrected chi connectivity index (χ0v) is 9.43. The van der Waals surface area contributed by atoms with Crippen LogP contribution in [-0.4, -0.2) is 20.1 Å². The number of thiophene rings is 1. The standard InChI is InChI=1S/C9H8O4S2/c1-13-6-2-3-8-7(4-6)9(5-14-8)15(10,11)12/h2-5H,1H3,(H,10,11,12). The molecule has 0 amide bonds. The number of ether oxygens (including phenoxy) is 1. The van der Waals surface area contributed by atoms with Gasteiger partial charge in [0.2, 0.25) is 0 Å². The molecule has 0 bridgehead atoms. The molecule has 2 aromatic rings. The molecule has 80 valence electrons. The van der Waals surface area contributed by atoms with E-state index >= 15 is 0 Å². The predicted molar refractivity (Wildman–Crippen MR) is 58.2 cm³/mol. The van der Waals surface area contributed by atoms with Crippen molar-refractivity contribution in [2.45, 2.75) is 4.90 Å². The molecule has 1 N–H and O–H groups in total. The van der Waals surface area contributed by atoms with Gasteiger partial charge in [-0.2, -0.15) is 8.42 Å². The van der Waals surface area contributed by atoms with Crippen LogP contribution in [0, 0.1) is 0 Å². The average molecular weight is 244 g/mol. The fourth-order valence-electron chi connectivity index (χ4n) is 1.31. The van der Waals surface area contributed by atoms with Gasteiger partial charge in [-0.15, -0.1) is 11.3 Å². The fourth-order valence-corrected chi connectivity index (χ4v) is 3.26. The molecule has 0 radical (unpaired) electrons. The third-order valence-corrected chi connectivity index (χ3v) is 4.03. The van der Waals surface area contributed by atoms with E-state index in [2.05, 4.69) is 0 Å². The van der Waals surface area contributed by atoms with Crippen LogP contribution in [0.4, 0.5) is 0 Å². The maximum absolute atomic E-state index is 11.0. The summed E-state index contributed by atoms with van der Waals surface area (Å²) >= 11 is 1.27. The predicted octanol–water partition coefficient (Wildman–Crippen LogP) is 2.16. The van der Waals surface area contributed by atoms with E-state index in [4.69, 9.17) is 9.29 Å². The van der Waals surface area contributed by atoms with E-state index in [1.165, 1.54) is 23.8 Å². The minimum Gasteiger partial charge on any atom is -0.497 e. The highest BCUT2D eigenvalue weighted by molar-refractivity contribution is 7.86. The van der Waals surface area contributed by atoms with Crippen molar-refractivity contribution in [2.24, 2.45) is 0 Å². The Kier molecular flexibility index (Phi) is 2.41. The zero-order chi connectivity index (χ0) is 11.1. The van der Waals surface area contributed by atoms with Gasteiger partial charge in [0.25, 0.3) is 10.1 Å². The third-order valence-electron chi connectivity index (χ3n) is 2.02. The van der Waals surface area contributed by atoms with Crippen molar-refractivity contribution >= 4 is 31.5 Å². The summed E-state index contributed by atoms with van der Waals surface area (Å²) in [6.45, 7) is 0. The number of hydrogen-bond donors (Lipinski definition) is 1. The van der Waals surface area contributed by atoms with Gasteiger partial charge in [-0.05, 0) is 18.2 Å².